The third-order valence-electron chi connectivity index (χ3n) is 7.68. The summed E-state index contributed by atoms with van der Waals surface area (Å²) in [5.74, 6) is 1.48. The third kappa shape index (κ3) is 6.71. The molecule has 0 bridgehead atoms. The van der Waals surface area contributed by atoms with Crippen molar-refractivity contribution in [2.45, 2.75) is 80.1 Å². The number of phosphoric ester groups is 1. The maximum Gasteiger partial charge on any atom is 0.647 e. The van der Waals surface area contributed by atoms with Crippen LogP contribution in [0.3, 0.4) is 0 Å². The summed E-state index contributed by atoms with van der Waals surface area (Å²) in [4.78, 5) is 0. The zero-order valence-electron chi connectivity index (χ0n) is 25.6. The van der Waals surface area contributed by atoms with Gasteiger partial charge in [0.2, 0.25) is 0 Å². The molecule has 0 heterocycles. The number of hydrogen-bond donors (Lipinski definition) is 0. The van der Waals surface area contributed by atoms with Crippen LogP contribution < -0.4 is 13.6 Å². The Morgan fingerprint density at radius 3 is 0.927 bits per heavy atom. The standard InChI is InChI=1S/C36H45O4P/c1-10-25-19-22-34(31(16-7)28(25)13-4)38-41(37,39-35-23-20-26(11-2)29(14-5)32(35)17-8)40-36-24-21-27(12-3)30(15-6)33(36)18-9/h10-12,19-24H,1-3,13-18H2,4-9H3. The molecule has 0 spiro atoms. The number of benzene rings is 3. The van der Waals surface area contributed by atoms with Crippen molar-refractivity contribution in [1.29, 1.82) is 0 Å². The van der Waals surface area contributed by atoms with Gasteiger partial charge in [0.1, 0.15) is 17.2 Å². The van der Waals surface area contributed by atoms with Gasteiger partial charge in [-0.15, -0.1) is 0 Å². The van der Waals surface area contributed by atoms with Crippen LogP contribution >= 0.6 is 7.82 Å². The van der Waals surface area contributed by atoms with Crippen molar-refractivity contribution < 1.29 is 18.1 Å². The molecular formula is C36H45O4P. The average Bonchev–Trinajstić information content (AvgIpc) is 2.99. The Morgan fingerprint density at radius 1 is 0.488 bits per heavy atom. The summed E-state index contributed by atoms with van der Waals surface area (Å²) in [5.41, 5.74) is 9.36. The second-order valence-corrected chi connectivity index (χ2v) is 11.2. The van der Waals surface area contributed by atoms with E-state index in [-0.39, 0.29) is 0 Å². The molecule has 0 aliphatic heterocycles. The Balaban J connectivity index is 2.24. The van der Waals surface area contributed by atoms with Gasteiger partial charge in [-0.1, -0.05) is 97.7 Å². The van der Waals surface area contributed by atoms with Crippen LogP contribution in [0, 0.1) is 0 Å². The Hall–Kier alpha value is -3.49. The highest BCUT2D eigenvalue weighted by Crippen LogP contribution is 2.53. The highest BCUT2D eigenvalue weighted by atomic mass is 31.2. The third-order valence-corrected chi connectivity index (χ3v) is 8.95. The molecule has 0 unspecified atom stereocenters. The molecular weight excluding hydrogens is 527 g/mol. The molecule has 0 atom stereocenters. The SMILES string of the molecule is C=Cc1ccc(OP(=O)(Oc2ccc(C=C)c(CC)c2CC)Oc2ccc(C=C)c(CC)c2CC)c(CC)c1CC. The van der Waals surface area contributed by atoms with Gasteiger partial charge in [-0.05, 0) is 107 Å². The minimum absolute atomic E-state index is 0.492. The first-order chi connectivity index (χ1) is 19.8. The lowest BCUT2D eigenvalue weighted by Gasteiger charge is -2.25. The van der Waals surface area contributed by atoms with Crippen molar-refractivity contribution in [2.75, 3.05) is 0 Å². The summed E-state index contributed by atoms with van der Waals surface area (Å²) in [7, 11) is -4.24. The second kappa shape index (κ2) is 14.4. The smallest absolute Gasteiger partial charge is 0.386 e. The van der Waals surface area contributed by atoms with Crippen molar-refractivity contribution in [1.82, 2.24) is 0 Å². The van der Waals surface area contributed by atoms with Gasteiger partial charge in [-0.2, -0.15) is 4.57 Å². The van der Waals surface area contributed by atoms with Gasteiger partial charge < -0.3 is 13.6 Å². The molecule has 0 aromatic heterocycles. The van der Waals surface area contributed by atoms with Crippen LogP contribution in [-0.4, -0.2) is 0 Å². The largest absolute Gasteiger partial charge is 0.647 e. The van der Waals surface area contributed by atoms with Gasteiger partial charge in [0.25, 0.3) is 0 Å². The first-order valence-electron chi connectivity index (χ1n) is 14.8. The first kappa shape index (κ1) is 32.0. The van der Waals surface area contributed by atoms with Crippen LogP contribution in [0.1, 0.15) is 91.6 Å². The highest BCUT2D eigenvalue weighted by molar-refractivity contribution is 7.49. The fourth-order valence-electron chi connectivity index (χ4n) is 5.73. The summed E-state index contributed by atoms with van der Waals surface area (Å²) in [5, 5.41) is 0. The van der Waals surface area contributed by atoms with Crippen molar-refractivity contribution >= 4 is 26.1 Å². The van der Waals surface area contributed by atoms with Crippen molar-refractivity contribution in [3.05, 3.63) is 106 Å². The van der Waals surface area contributed by atoms with Gasteiger partial charge in [-0.3, -0.25) is 0 Å². The molecule has 0 saturated carbocycles. The van der Waals surface area contributed by atoms with E-state index in [1.54, 1.807) is 0 Å². The lowest BCUT2D eigenvalue weighted by Crippen LogP contribution is -2.12. The van der Waals surface area contributed by atoms with Crippen LogP contribution in [0.25, 0.3) is 18.2 Å². The van der Waals surface area contributed by atoms with Gasteiger partial charge in [0.15, 0.2) is 0 Å². The zero-order chi connectivity index (χ0) is 30.2. The molecule has 0 radical (unpaired) electrons. The van der Waals surface area contributed by atoms with E-state index >= 15 is 0 Å². The zero-order valence-corrected chi connectivity index (χ0v) is 26.5. The Labute approximate surface area is 247 Å². The van der Waals surface area contributed by atoms with E-state index in [1.807, 2.05) is 54.6 Å². The van der Waals surface area contributed by atoms with Gasteiger partial charge >= 0.3 is 7.82 Å². The normalized spacial score (nSPS) is 11.2. The van der Waals surface area contributed by atoms with Gasteiger partial charge in [0, 0.05) is 0 Å². The molecule has 218 valence electrons. The van der Waals surface area contributed by atoms with Gasteiger partial charge in [0.05, 0.1) is 0 Å². The molecule has 0 saturated heterocycles. The molecule has 3 aromatic carbocycles. The maximum absolute atomic E-state index is 14.9. The minimum atomic E-state index is -4.24. The monoisotopic (exact) mass is 572 g/mol. The summed E-state index contributed by atoms with van der Waals surface area (Å²) >= 11 is 0. The van der Waals surface area contributed by atoms with Crippen molar-refractivity contribution in [3.8, 4) is 17.2 Å². The fourth-order valence-corrected chi connectivity index (χ4v) is 7.08. The highest BCUT2D eigenvalue weighted by Gasteiger charge is 2.36. The fraction of sp³-hybridized carbons (Fsp3) is 0.333. The molecule has 5 heteroatoms. The molecule has 4 nitrogen and oxygen atoms in total. The van der Waals surface area contributed by atoms with Crippen molar-refractivity contribution in [2.24, 2.45) is 0 Å². The van der Waals surface area contributed by atoms with E-state index in [2.05, 4.69) is 61.3 Å². The van der Waals surface area contributed by atoms with E-state index in [0.717, 1.165) is 69.3 Å². The Bertz CT molecular complexity index is 1290. The lowest BCUT2D eigenvalue weighted by atomic mass is 9.96. The molecule has 0 aliphatic carbocycles. The maximum atomic E-state index is 14.9. The lowest BCUT2D eigenvalue weighted by molar-refractivity contribution is 0.295. The molecule has 3 aromatic rings. The summed E-state index contributed by atoms with van der Waals surface area (Å²) in [6, 6.07) is 11.4. The average molecular weight is 573 g/mol. The van der Waals surface area contributed by atoms with Crippen LogP contribution in [0.2, 0.25) is 0 Å². The quantitative estimate of drug-likeness (QED) is 0.170. The predicted molar refractivity (Wildman–Crippen MR) is 175 cm³/mol. The van der Waals surface area contributed by atoms with Crippen LogP contribution in [-0.2, 0) is 43.1 Å². The van der Waals surface area contributed by atoms with E-state index in [0.29, 0.717) is 36.5 Å². The summed E-state index contributed by atoms with van der Waals surface area (Å²) < 4.78 is 34.0. The number of phosphoric acid groups is 1. The van der Waals surface area contributed by atoms with E-state index in [1.165, 1.54) is 0 Å². The van der Waals surface area contributed by atoms with Crippen LogP contribution in [0.5, 0.6) is 17.2 Å². The predicted octanol–water partition coefficient (Wildman–Crippen LogP) is 10.6. The van der Waals surface area contributed by atoms with Crippen LogP contribution in [0.15, 0.2) is 56.1 Å². The summed E-state index contributed by atoms with van der Waals surface area (Å²) in [6.45, 7) is 24.4. The molecule has 0 amide bonds. The molecule has 0 fully saturated rings. The number of hydrogen-bond acceptors (Lipinski definition) is 4. The second-order valence-electron chi connectivity index (χ2n) is 9.78. The van der Waals surface area contributed by atoms with Gasteiger partial charge in [-0.25, -0.2) is 0 Å². The molecule has 3 rings (SSSR count). The first-order valence-corrected chi connectivity index (χ1v) is 16.2. The molecule has 0 N–H and O–H groups in total. The van der Waals surface area contributed by atoms with E-state index in [4.69, 9.17) is 13.6 Å². The topological polar surface area (TPSA) is 44.8 Å². The molecule has 41 heavy (non-hydrogen) atoms. The molecule has 0 aliphatic rings. The Kier molecular flexibility index (Phi) is 11.3. The Morgan fingerprint density at radius 2 is 0.732 bits per heavy atom. The van der Waals surface area contributed by atoms with Crippen molar-refractivity contribution in [3.63, 3.8) is 0 Å². The van der Waals surface area contributed by atoms with Crippen LogP contribution in [0.4, 0.5) is 0 Å². The van der Waals surface area contributed by atoms with E-state index < -0.39 is 7.82 Å². The van der Waals surface area contributed by atoms with E-state index in [9.17, 15) is 4.57 Å². The number of rotatable bonds is 15. The minimum Gasteiger partial charge on any atom is -0.386 e. The summed E-state index contributed by atoms with van der Waals surface area (Å²) in [6.07, 6.45) is 10.00.